The Kier molecular flexibility index (Phi) is 16.3. The van der Waals surface area contributed by atoms with Gasteiger partial charge in [0.05, 0.1) is 25.8 Å². The molecule has 3 atom stereocenters. The van der Waals surface area contributed by atoms with Gasteiger partial charge in [-0.1, -0.05) is 68.7 Å². The molecule has 0 bridgehead atoms. The zero-order valence-electron chi connectivity index (χ0n) is 25.9. The highest BCUT2D eigenvalue weighted by Crippen LogP contribution is 2.29. The second-order valence-electron chi connectivity index (χ2n) is 10.1. The number of hydrogen-bond acceptors (Lipinski definition) is 9. The molecular weight excluding hydrogens is 544 g/mol. The molecule has 12 nitrogen and oxygen atoms in total. The van der Waals surface area contributed by atoms with Crippen LogP contribution >= 0.6 is 0 Å². The number of nitrogens with one attached hydrogen (secondary N) is 3. The highest BCUT2D eigenvalue weighted by Gasteiger charge is 2.50. The van der Waals surface area contributed by atoms with Crippen molar-refractivity contribution in [1.82, 2.24) is 21.1 Å². The zero-order valence-corrected chi connectivity index (χ0v) is 25.9. The highest BCUT2D eigenvalue weighted by molar-refractivity contribution is 5.98. The summed E-state index contributed by atoms with van der Waals surface area (Å²) in [5.41, 5.74) is 0.427. The van der Waals surface area contributed by atoms with Crippen LogP contribution in [0.2, 0.25) is 0 Å². The first-order chi connectivity index (χ1) is 20.0. The van der Waals surface area contributed by atoms with E-state index in [9.17, 15) is 19.2 Å². The maximum Gasteiger partial charge on any atom is 0.274 e. The van der Waals surface area contributed by atoms with Crippen LogP contribution in [0, 0.1) is 12.8 Å². The number of aromatic nitrogens is 1. The Bertz CT molecular complexity index is 1120. The number of carbonyl (C=O) groups is 4. The van der Waals surface area contributed by atoms with E-state index in [0.29, 0.717) is 18.8 Å². The number of epoxide rings is 1. The molecular formula is C30H46N4O8. The second kappa shape index (κ2) is 18.7. The molecule has 1 aliphatic heterocycles. The Morgan fingerprint density at radius 2 is 1.67 bits per heavy atom. The first kappa shape index (κ1) is 36.4. The minimum atomic E-state index is -1.08. The Labute approximate surface area is 248 Å². The number of nitrogens with zero attached hydrogens (tertiary/aromatic N) is 1. The van der Waals surface area contributed by atoms with Crippen molar-refractivity contribution in [2.24, 2.45) is 5.92 Å². The molecule has 2 heterocycles. The van der Waals surface area contributed by atoms with E-state index in [-0.39, 0.29) is 37.2 Å². The van der Waals surface area contributed by atoms with Gasteiger partial charge in [0.15, 0.2) is 17.2 Å². The summed E-state index contributed by atoms with van der Waals surface area (Å²) in [6, 6.07) is 9.86. The molecule has 3 amide bonds. The molecule has 1 fully saturated rings. The first-order valence-corrected chi connectivity index (χ1v) is 14.0. The summed E-state index contributed by atoms with van der Waals surface area (Å²) in [6.07, 6.45) is 0.447. The average Bonchev–Trinajstić information content (AvgIpc) is 3.54. The van der Waals surface area contributed by atoms with Crippen LogP contribution in [0.15, 0.2) is 40.9 Å². The molecule has 0 unspecified atom stereocenters. The third-order valence-electron chi connectivity index (χ3n) is 5.85. The van der Waals surface area contributed by atoms with Crippen LogP contribution in [0.4, 0.5) is 0 Å². The van der Waals surface area contributed by atoms with Gasteiger partial charge < -0.3 is 34.7 Å². The van der Waals surface area contributed by atoms with E-state index in [4.69, 9.17) is 18.7 Å². The fraction of sp³-hybridized carbons (Fsp3) is 0.567. The van der Waals surface area contributed by atoms with Gasteiger partial charge in [0.2, 0.25) is 11.8 Å². The number of amides is 3. The summed E-state index contributed by atoms with van der Waals surface area (Å²) in [7, 11) is 2.84. The van der Waals surface area contributed by atoms with Crippen molar-refractivity contribution in [2.75, 3.05) is 34.0 Å². The minimum Gasteiger partial charge on any atom is -0.382 e. The quantitative estimate of drug-likeness (QED) is 0.281. The number of ketones is 1. The number of rotatable bonds is 14. The average molecular weight is 591 g/mol. The van der Waals surface area contributed by atoms with Gasteiger partial charge in [-0.15, -0.1) is 0 Å². The van der Waals surface area contributed by atoms with Crippen LogP contribution in [0.1, 0.15) is 62.9 Å². The van der Waals surface area contributed by atoms with E-state index < -0.39 is 35.4 Å². The van der Waals surface area contributed by atoms with Crippen molar-refractivity contribution in [3.05, 3.63) is 53.4 Å². The van der Waals surface area contributed by atoms with Crippen molar-refractivity contribution in [3.8, 4) is 0 Å². The smallest absolute Gasteiger partial charge is 0.274 e. The standard InChI is InChI=1S/C21H32N4O8.C7H8.C2H6/c1-12(2)6-14(18(27)21(3)11-32-21)23-17(26)8-22-19(28)16(10-31-5)24-20(29)15-7-13(9-30-4)33-25-15;1-7-5-3-2-4-6-7;1-2/h7,12,14,16H,6,8-11H2,1-5H3,(H,22,28)(H,23,26)(H,24,29);2-6H,1H3;1-2H3/t14-,16-,21+;;/m0../s1. The van der Waals surface area contributed by atoms with Gasteiger partial charge >= 0.3 is 0 Å². The van der Waals surface area contributed by atoms with Crippen LogP contribution in [-0.2, 0) is 35.2 Å². The normalized spacial score (nSPS) is 16.5. The SMILES string of the molecule is CC.COCc1cc(C(=O)N[C@@H](COC)C(=O)NCC(=O)N[C@@H](CC(C)C)C(=O)[C@@]2(C)CO2)no1.Cc1ccccc1. The van der Waals surface area contributed by atoms with Crippen molar-refractivity contribution >= 4 is 23.5 Å². The van der Waals surface area contributed by atoms with Crippen molar-refractivity contribution in [3.63, 3.8) is 0 Å². The van der Waals surface area contributed by atoms with Gasteiger partial charge in [-0.05, 0) is 26.2 Å². The molecule has 1 aliphatic rings. The van der Waals surface area contributed by atoms with Crippen molar-refractivity contribution in [1.29, 1.82) is 0 Å². The lowest BCUT2D eigenvalue weighted by Gasteiger charge is -2.22. The van der Waals surface area contributed by atoms with E-state index in [1.807, 2.05) is 45.9 Å². The molecule has 1 aromatic carbocycles. The van der Waals surface area contributed by atoms with E-state index in [0.717, 1.165) is 0 Å². The third kappa shape index (κ3) is 12.9. The summed E-state index contributed by atoms with van der Waals surface area (Å²) in [6.45, 7) is 11.6. The first-order valence-electron chi connectivity index (χ1n) is 14.0. The van der Waals surface area contributed by atoms with Gasteiger partial charge in [0.25, 0.3) is 5.91 Å². The van der Waals surface area contributed by atoms with Gasteiger partial charge in [-0.25, -0.2) is 0 Å². The molecule has 3 rings (SSSR count). The number of aryl methyl sites for hydroxylation is 1. The predicted molar refractivity (Wildman–Crippen MR) is 157 cm³/mol. The number of Topliss-reactive ketones (excluding diaryl/α,β-unsaturated/α-hetero) is 1. The van der Waals surface area contributed by atoms with Crippen LogP contribution < -0.4 is 16.0 Å². The molecule has 0 spiro atoms. The van der Waals surface area contributed by atoms with E-state index in [2.05, 4.69) is 40.2 Å². The lowest BCUT2D eigenvalue weighted by atomic mass is 9.93. The Morgan fingerprint density at radius 3 is 2.17 bits per heavy atom. The topological polar surface area (TPSA) is 161 Å². The maximum absolute atomic E-state index is 12.6. The molecule has 2 aromatic rings. The molecule has 234 valence electrons. The summed E-state index contributed by atoms with van der Waals surface area (Å²) >= 11 is 0. The summed E-state index contributed by atoms with van der Waals surface area (Å²) in [4.78, 5) is 49.9. The largest absolute Gasteiger partial charge is 0.382 e. The summed E-state index contributed by atoms with van der Waals surface area (Å²) < 4.78 is 20.1. The van der Waals surface area contributed by atoms with Crippen LogP contribution in [0.25, 0.3) is 0 Å². The Balaban J connectivity index is 0.000000841. The second-order valence-corrected chi connectivity index (χ2v) is 10.1. The number of hydrogen-bond donors (Lipinski definition) is 3. The number of methoxy groups -OCH3 is 2. The lowest BCUT2D eigenvalue weighted by molar-refractivity contribution is -0.131. The molecule has 0 aliphatic carbocycles. The van der Waals surface area contributed by atoms with Gasteiger partial charge in [-0.2, -0.15) is 0 Å². The summed E-state index contributed by atoms with van der Waals surface area (Å²) in [5.74, 6) is -1.50. The molecule has 1 saturated heterocycles. The molecule has 42 heavy (non-hydrogen) atoms. The van der Waals surface area contributed by atoms with Crippen molar-refractivity contribution < 1.29 is 37.9 Å². The van der Waals surface area contributed by atoms with Crippen LogP contribution in [0.5, 0.6) is 0 Å². The van der Waals surface area contributed by atoms with E-state index >= 15 is 0 Å². The van der Waals surface area contributed by atoms with Crippen LogP contribution in [-0.4, -0.2) is 80.3 Å². The number of benzene rings is 1. The zero-order chi connectivity index (χ0) is 31.7. The van der Waals surface area contributed by atoms with E-state index in [1.165, 1.54) is 25.8 Å². The molecule has 12 heteroatoms. The van der Waals surface area contributed by atoms with Crippen LogP contribution in [0.3, 0.4) is 0 Å². The molecule has 1 aromatic heterocycles. The lowest BCUT2D eigenvalue weighted by Crippen LogP contribution is -2.53. The van der Waals surface area contributed by atoms with Gasteiger partial charge in [-0.3, -0.25) is 19.2 Å². The Morgan fingerprint density at radius 1 is 1.02 bits per heavy atom. The number of ether oxygens (including phenoxy) is 3. The van der Waals surface area contributed by atoms with Gasteiger partial charge in [0, 0.05) is 20.3 Å². The minimum absolute atomic E-state index is 0.0282. The monoisotopic (exact) mass is 590 g/mol. The Hall–Kier alpha value is -3.61. The molecule has 3 N–H and O–H groups in total. The van der Waals surface area contributed by atoms with Gasteiger partial charge in [0.1, 0.15) is 18.2 Å². The third-order valence-corrected chi connectivity index (χ3v) is 5.85. The molecule has 0 saturated carbocycles. The fourth-order valence-corrected chi connectivity index (χ4v) is 3.60. The highest BCUT2D eigenvalue weighted by atomic mass is 16.6. The van der Waals surface area contributed by atoms with Crippen molar-refractivity contribution in [2.45, 2.75) is 72.3 Å². The molecule has 0 radical (unpaired) electrons. The summed E-state index contributed by atoms with van der Waals surface area (Å²) in [5, 5.41) is 11.2. The number of carbonyl (C=O) groups excluding carboxylic acids is 4. The fourth-order valence-electron chi connectivity index (χ4n) is 3.60. The maximum atomic E-state index is 12.6. The van der Waals surface area contributed by atoms with E-state index in [1.54, 1.807) is 6.92 Å². The predicted octanol–water partition coefficient (Wildman–Crippen LogP) is 2.59.